The SMILES string of the molecule is CCCNC1CCOC2(CCC(C)C(C)C2)C1. The van der Waals surface area contributed by atoms with Gasteiger partial charge in [0, 0.05) is 12.6 Å². The summed E-state index contributed by atoms with van der Waals surface area (Å²) in [5.41, 5.74) is 0.218. The Morgan fingerprint density at radius 3 is 2.71 bits per heavy atom. The summed E-state index contributed by atoms with van der Waals surface area (Å²) in [5.74, 6) is 1.71. The van der Waals surface area contributed by atoms with E-state index in [0.29, 0.717) is 6.04 Å². The third kappa shape index (κ3) is 3.23. The van der Waals surface area contributed by atoms with Crippen LogP contribution in [0.5, 0.6) is 0 Å². The smallest absolute Gasteiger partial charge is 0.0700 e. The molecule has 0 aromatic heterocycles. The molecule has 1 N–H and O–H groups in total. The van der Waals surface area contributed by atoms with E-state index in [-0.39, 0.29) is 5.60 Å². The number of hydrogen-bond acceptors (Lipinski definition) is 2. The predicted octanol–water partition coefficient (Wildman–Crippen LogP) is 3.36. The molecule has 2 fully saturated rings. The molecule has 2 rings (SSSR count). The minimum absolute atomic E-state index is 0.218. The molecule has 1 saturated heterocycles. The number of ether oxygens (including phenoxy) is 1. The summed E-state index contributed by atoms with van der Waals surface area (Å²) in [6.07, 6.45) is 7.58. The van der Waals surface area contributed by atoms with Crippen LogP contribution in [-0.2, 0) is 4.74 Å². The summed E-state index contributed by atoms with van der Waals surface area (Å²) < 4.78 is 6.20. The predicted molar refractivity (Wildman–Crippen MR) is 72.2 cm³/mol. The van der Waals surface area contributed by atoms with Gasteiger partial charge in [-0.05, 0) is 56.9 Å². The van der Waals surface area contributed by atoms with Crippen LogP contribution in [0.4, 0.5) is 0 Å². The first-order chi connectivity index (χ1) is 8.15. The van der Waals surface area contributed by atoms with Crippen molar-refractivity contribution in [3.63, 3.8) is 0 Å². The lowest BCUT2D eigenvalue weighted by molar-refractivity contribution is -0.125. The zero-order chi connectivity index (χ0) is 12.3. The molecule has 2 nitrogen and oxygen atoms in total. The Morgan fingerprint density at radius 2 is 2.00 bits per heavy atom. The van der Waals surface area contributed by atoms with Crippen molar-refractivity contribution in [2.24, 2.45) is 11.8 Å². The van der Waals surface area contributed by atoms with Gasteiger partial charge >= 0.3 is 0 Å². The highest BCUT2D eigenvalue weighted by molar-refractivity contribution is 4.95. The lowest BCUT2D eigenvalue weighted by Gasteiger charge is -2.47. The van der Waals surface area contributed by atoms with Crippen molar-refractivity contribution in [1.82, 2.24) is 5.32 Å². The molecule has 0 bridgehead atoms. The summed E-state index contributed by atoms with van der Waals surface area (Å²) in [7, 11) is 0. The molecule has 2 aliphatic rings. The second-order valence-corrected chi connectivity index (χ2v) is 6.37. The summed E-state index contributed by atoms with van der Waals surface area (Å²) in [6.45, 7) is 9.16. The first kappa shape index (κ1) is 13.4. The van der Waals surface area contributed by atoms with Gasteiger partial charge in [-0.25, -0.2) is 0 Å². The minimum Gasteiger partial charge on any atom is -0.375 e. The van der Waals surface area contributed by atoms with Gasteiger partial charge in [-0.2, -0.15) is 0 Å². The second kappa shape index (κ2) is 5.71. The van der Waals surface area contributed by atoms with Gasteiger partial charge in [-0.15, -0.1) is 0 Å². The van der Waals surface area contributed by atoms with Crippen LogP contribution in [0.3, 0.4) is 0 Å². The van der Waals surface area contributed by atoms with Crippen LogP contribution in [0.1, 0.15) is 59.3 Å². The Labute approximate surface area is 107 Å². The molecule has 1 aliphatic carbocycles. The largest absolute Gasteiger partial charge is 0.375 e. The molecule has 1 saturated carbocycles. The van der Waals surface area contributed by atoms with Crippen molar-refractivity contribution in [1.29, 1.82) is 0 Å². The first-order valence-electron chi connectivity index (χ1n) is 7.52. The summed E-state index contributed by atoms with van der Waals surface area (Å²) in [6, 6.07) is 0.698. The van der Waals surface area contributed by atoms with E-state index in [1.54, 1.807) is 0 Å². The van der Waals surface area contributed by atoms with Crippen LogP contribution in [0.15, 0.2) is 0 Å². The minimum atomic E-state index is 0.218. The van der Waals surface area contributed by atoms with Crippen LogP contribution in [-0.4, -0.2) is 24.8 Å². The Kier molecular flexibility index (Phi) is 4.48. The Hall–Kier alpha value is -0.0800. The average Bonchev–Trinajstić information content (AvgIpc) is 2.32. The maximum absolute atomic E-state index is 6.20. The van der Waals surface area contributed by atoms with E-state index in [0.717, 1.165) is 25.0 Å². The Morgan fingerprint density at radius 1 is 1.18 bits per heavy atom. The van der Waals surface area contributed by atoms with Crippen molar-refractivity contribution in [2.45, 2.75) is 70.9 Å². The van der Waals surface area contributed by atoms with Gasteiger partial charge in [-0.3, -0.25) is 0 Å². The highest BCUT2D eigenvalue weighted by Gasteiger charge is 2.42. The van der Waals surface area contributed by atoms with E-state index in [9.17, 15) is 0 Å². The van der Waals surface area contributed by atoms with Gasteiger partial charge in [0.15, 0.2) is 0 Å². The monoisotopic (exact) mass is 239 g/mol. The zero-order valence-electron chi connectivity index (χ0n) is 11.8. The number of hydrogen-bond donors (Lipinski definition) is 1. The molecule has 0 aromatic rings. The molecule has 1 heterocycles. The molecule has 17 heavy (non-hydrogen) atoms. The third-order valence-corrected chi connectivity index (χ3v) is 4.90. The third-order valence-electron chi connectivity index (χ3n) is 4.90. The van der Waals surface area contributed by atoms with Gasteiger partial charge in [0.25, 0.3) is 0 Å². The van der Waals surface area contributed by atoms with E-state index < -0.39 is 0 Å². The van der Waals surface area contributed by atoms with Gasteiger partial charge in [-0.1, -0.05) is 20.8 Å². The molecule has 0 radical (unpaired) electrons. The molecule has 1 spiro atoms. The molecule has 100 valence electrons. The highest BCUT2D eigenvalue weighted by Crippen LogP contribution is 2.43. The zero-order valence-corrected chi connectivity index (χ0v) is 11.8. The lowest BCUT2D eigenvalue weighted by Crippen LogP contribution is -2.50. The fraction of sp³-hybridized carbons (Fsp3) is 1.00. The molecule has 4 atom stereocenters. The van der Waals surface area contributed by atoms with E-state index in [2.05, 4.69) is 26.1 Å². The summed E-state index contributed by atoms with van der Waals surface area (Å²) in [4.78, 5) is 0. The van der Waals surface area contributed by atoms with Crippen LogP contribution in [0.25, 0.3) is 0 Å². The van der Waals surface area contributed by atoms with E-state index in [1.807, 2.05) is 0 Å². The van der Waals surface area contributed by atoms with Crippen LogP contribution >= 0.6 is 0 Å². The second-order valence-electron chi connectivity index (χ2n) is 6.37. The molecule has 2 heteroatoms. The standard InChI is InChI=1S/C15H29NO/c1-4-8-16-14-6-9-17-15(11-14)7-5-12(2)13(3)10-15/h12-14,16H,4-11H2,1-3H3. The van der Waals surface area contributed by atoms with E-state index in [4.69, 9.17) is 4.74 Å². The molecule has 0 aromatic carbocycles. The van der Waals surface area contributed by atoms with Crippen molar-refractivity contribution in [3.8, 4) is 0 Å². The van der Waals surface area contributed by atoms with Gasteiger partial charge in [0.1, 0.15) is 0 Å². The van der Waals surface area contributed by atoms with Gasteiger partial charge in [0.2, 0.25) is 0 Å². The van der Waals surface area contributed by atoms with Crippen molar-refractivity contribution in [3.05, 3.63) is 0 Å². The van der Waals surface area contributed by atoms with Crippen LogP contribution in [0.2, 0.25) is 0 Å². The lowest BCUT2D eigenvalue weighted by atomic mass is 9.70. The topological polar surface area (TPSA) is 21.3 Å². The Balaban J connectivity index is 1.91. The first-order valence-corrected chi connectivity index (χ1v) is 7.52. The van der Waals surface area contributed by atoms with E-state index >= 15 is 0 Å². The Bertz CT molecular complexity index is 243. The van der Waals surface area contributed by atoms with Crippen molar-refractivity contribution in [2.75, 3.05) is 13.2 Å². The van der Waals surface area contributed by atoms with Crippen molar-refractivity contribution >= 4 is 0 Å². The normalized spacial score (nSPS) is 42.9. The average molecular weight is 239 g/mol. The fourth-order valence-corrected chi connectivity index (χ4v) is 3.53. The summed E-state index contributed by atoms with van der Waals surface area (Å²) >= 11 is 0. The van der Waals surface area contributed by atoms with Gasteiger partial charge in [0.05, 0.1) is 5.60 Å². The molecule has 0 amide bonds. The maximum Gasteiger partial charge on any atom is 0.0700 e. The molecular weight excluding hydrogens is 210 g/mol. The summed E-state index contributed by atoms with van der Waals surface area (Å²) in [5, 5.41) is 3.69. The number of nitrogens with one attached hydrogen (secondary N) is 1. The maximum atomic E-state index is 6.20. The highest BCUT2D eigenvalue weighted by atomic mass is 16.5. The fourth-order valence-electron chi connectivity index (χ4n) is 3.53. The quantitative estimate of drug-likeness (QED) is 0.815. The van der Waals surface area contributed by atoms with Crippen LogP contribution in [0, 0.1) is 11.8 Å². The van der Waals surface area contributed by atoms with Gasteiger partial charge < -0.3 is 10.1 Å². The number of rotatable bonds is 3. The van der Waals surface area contributed by atoms with Crippen LogP contribution < -0.4 is 5.32 Å². The molecule has 1 aliphatic heterocycles. The van der Waals surface area contributed by atoms with E-state index in [1.165, 1.54) is 38.5 Å². The molecular formula is C15H29NO. The van der Waals surface area contributed by atoms with Crippen molar-refractivity contribution < 1.29 is 4.74 Å². The molecule has 4 unspecified atom stereocenters.